The molecule has 2 aromatic carbocycles. The van der Waals surface area contributed by atoms with E-state index in [4.69, 9.17) is 0 Å². The third-order valence-electron chi connectivity index (χ3n) is 4.42. The maximum atomic E-state index is 12.9. The quantitative estimate of drug-likeness (QED) is 0.783. The van der Waals surface area contributed by atoms with E-state index < -0.39 is 0 Å². The van der Waals surface area contributed by atoms with Gasteiger partial charge < -0.3 is 5.32 Å². The van der Waals surface area contributed by atoms with E-state index in [-0.39, 0.29) is 11.8 Å². The second-order valence-electron chi connectivity index (χ2n) is 5.93. The minimum Gasteiger partial charge on any atom is -0.326 e. The van der Waals surface area contributed by atoms with Gasteiger partial charge in [0, 0.05) is 10.2 Å². The van der Waals surface area contributed by atoms with Crippen LogP contribution in [0.5, 0.6) is 0 Å². The van der Waals surface area contributed by atoms with Gasteiger partial charge in [0.05, 0.1) is 5.92 Å². The first-order valence-electron chi connectivity index (χ1n) is 7.85. The number of nitrogens with one attached hydrogen (secondary N) is 1. The highest BCUT2D eigenvalue weighted by Crippen LogP contribution is 2.38. The molecule has 1 saturated carbocycles. The SMILES string of the molecule is O=C(Nc1ccc(Br)cc1)[C@H](c1ccccc1)C1CCCC1. The topological polar surface area (TPSA) is 29.1 Å². The summed E-state index contributed by atoms with van der Waals surface area (Å²) in [4.78, 5) is 12.9. The van der Waals surface area contributed by atoms with Gasteiger partial charge in [0.2, 0.25) is 5.91 Å². The number of hydrogen-bond acceptors (Lipinski definition) is 1. The predicted octanol–water partition coefficient (Wildman–Crippen LogP) is 5.36. The molecule has 3 rings (SSSR count). The fourth-order valence-corrected chi connectivity index (χ4v) is 3.61. The van der Waals surface area contributed by atoms with Gasteiger partial charge in [-0.05, 0) is 48.6 Å². The Labute approximate surface area is 140 Å². The molecule has 0 aromatic heterocycles. The summed E-state index contributed by atoms with van der Waals surface area (Å²) in [5.74, 6) is 0.519. The average molecular weight is 358 g/mol. The van der Waals surface area contributed by atoms with Crippen LogP contribution in [0.1, 0.15) is 37.2 Å². The molecule has 0 saturated heterocycles. The summed E-state index contributed by atoms with van der Waals surface area (Å²) in [5, 5.41) is 3.08. The Morgan fingerprint density at radius 3 is 2.27 bits per heavy atom. The Hall–Kier alpha value is -1.61. The molecular weight excluding hydrogens is 338 g/mol. The molecule has 1 amide bonds. The van der Waals surface area contributed by atoms with E-state index in [1.807, 2.05) is 42.5 Å². The van der Waals surface area contributed by atoms with Crippen LogP contribution in [0.4, 0.5) is 5.69 Å². The minimum absolute atomic E-state index is 0.0488. The monoisotopic (exact) mass is 357 g/mol. The first-order chi connectivity index (χ1) is 10.7. The third kappa shape index (κ3) is 3.58. The number of anilines is 1. The highest BCUT2D eigenvalue weighted by atomic mass is 79.9. The molecule has 0 unspecified atom stereocenters. The molecule has 2 nitrogen and oxygen atoms in total. The number of carbonyl (C=O) groups excluding carboxylic acids is 1. The molecule has 0 aliphatic heterocycles. The summed E-state index contributed by atoms with van der Waals surface area (Å²) in [5.41, 5.74) is 1.98. The van der Waals surface area contributed by atoms with Gasteiger partial charge in [-0.25, -0.2) is 0 Å². The third-order valence-corrected chi connectivity index (χ3v) is 4.95. The van der Waals surface area contributed by atoms with Crippen molar-refractivity contribution >= 4 is 27.5 Å². The van der Waals surface area contributed by atoms with E-state index in [1.165, 1.54) is 12.8 Å². The number of rotatable bonds is 4. The molecule has 114 valence electrons. The number of benzene rings is 2. The van der Waals surface area contributed by atoms with Crippen LogP contribution < -0.4 is 5.32 Å². The van der Waals surface area contributed by atoms with Gasteiger partial charge >= 0.3 is 0 Å². The van der Waals surface area contributed by atoms with Crippen molar-refractivity contribution in [1.29, 1.82) is 0 Å². The zero-order valence-electron chi connectivity index (χ0n) is 12.5. The Bertz CT molecular complexity index is 618. The fourth-order valence-electron chi connectivity index (χ4n) is 3.34. The van der Waals surface area contributed by atoms with Crippen LogP contribution in [0.3, 0.4) is 0 Å². The van der Waals surface area contributed by atoms with Crippen LogP contribution in [-0.4, -0.2) is 5.91 Å². The van der Waals surface area contributed by atoms with E-state index >= 15 is 0 Å². The molecular formula is C19H20BrNO. The highest BCUT2D eigenvalue weighted by Gasteiger charge is 2.31. The molecule has 2 aromatic rings. The number of amides is 1. The predicted molar refractivity (Wildman–Crippen MR) is 93.9 cm³/mol. The molecule has 22 heavy (non-hydrogen) atoms. The van der Waals surface area contributed by atoms with Crippen LogP contribution in [0.2, 0.25) is 0 Å². The fraction of sp³-hybridized carbons (Fsp3) is 0.316. The first-order valence-corrected chi connectivity index (χ1v) is 8.65. The lowest BCUT2D eigenvalue weighted by Gasteiger charge is -2.23. The van der Waals surface area contributed by atoms with Gasteiger partial charge in [-0.15, -0.1) is 0 Å². The number of halogens is 1. The lowest BCUT2D eigenvalue weighted by molar-refractivity contribution is -0.118. The van der Waals surface area contributed by atoms with Crippen LogP contribution >= 0.6 is 15.9 Å². The standard InChI is InChI=1S/C19H20BrNO/c20-16-10-12-17(13-11-16)21-19(22)18(15-8-4-5-9-15)14-6-2-1-3-7-14/h1-3,6-7,10-13,15,18H,4-5,8-9H2,(H,21,22)/t18-/m1/s1. The van der Waals surface area contributed by atoms with Crippen molar-refractivity contribution in [2.24, 2.45) is 5.92 Å². The lowest BCUT2D eigenvalue weighted by Crippen LogP contribution is -2.26. The van der Waals surface area contributed by atoms with Crippen molar-refractivity contribution in [1.82, 2.24) is 0 Å². The van der Waals surface area contributed by atoms with Gasteiger partial charge in [0.25, 0.3) is 0 Å². The molecule has 1 aliphatic rings. The second-order valence-corrected chi connectivity index (χ2v) is 6.84. The van der Waals surface area contributed by atoms with Gasteiger partial charge in [0.15, 0.2) is 0 Å². The van der Waals surface area contributed by atoms with Gasteiger partial charge in [-0.2, -0.15) is 0 Å². The zero-order valence-corrected chi connectivity index (χ0v) is 14.1. The van der Waals surface area contributed by atoms with Crippen molar-refractivity contribution in [3.05, 3.63) is 64.6 Å². The molecule has 1 N–H and O–H groups in total. The smallest absolute Gasteiger partial charge is 0.232 e. The molecule has 3 heteroatoms. The Kier molecular flexibility index (Phi) is 4.94. The molecule has 0 spiro atoms. The summed E-state index contributed by atoms with van der Waals surface area (Å²) in [6.45, 7) is 0. The van der Waals surface area contributed by atoms with Crippen LogP contribution in [0, 0.1) is 5.92 Å². The van der Waals surface area contributed by atoms with E-state index in [0.717, 1.165) is 28.6 Å². The van der Waals surface area contributed by atoms with E-state index in [1.54, 1.807) is 0 Å². The zero-order chi connectivity index (χ0) is 15.4. The van der Waals surface area contributed by atoms with Crippen LogP contribution in [0.25, 0.3) is 0 Å². The summed E-state index contributed by atoms with van der Waals surface area (Å²) >= 11 is 3.42. The van der Waals surface area contributed by atoms with Gasteiger partial charge in [0.1, 0.15) is 0 Å². The molecule has 1 aliphatic carbocycles. The maximum absolute atomic E-state index is 12.9. The average Bonchev–Trinajstić information content (AvgIpc) is 3.05. The van der Waals surface area contributed by atoms with Crippen LogP contribution in [0.15, 0.2) is 59.1 Å². The lowest BCUT2D eigenvalue weighted by atomic mass is 9.84. The number of hydrogen-bond donors (Lipinski definition) is 1. The number of carbonyl (C=O) groups is 1. The summed E-state index contributed by atoms with van der Waals surface area (Å²) in [6.07, 6.45) is 4.76. The van der Waals surface area contributed by atoms with E-state index in [0.29, 0.717) is 5.92 Å². The van der Waals surface area contributed by atoms with Crippen molar-refractivity contribution in [3.8, 4) is 0 Å². The van der Waals surface area contributed by atoms with E-state index in [2.05, 4.69) is 33.4 Å². The van der Waals surface area contributed by atoms with Crippen LogP contribution in [-0.2, 0) is 4.79 Å². The van der Waals surface area contributed by atoms with Crippen molar-refractivity contribution < 1.29 is 4.79 Å². The Morgan fingerprint density at radius 2 is 1.64 bits per heavy atom. The maximum Gasteiger partial charge on any atom is 0.232 e. The second kappa shape index (κ2) is 7.10. The Morgan fingerprint density at radius 1 is 1.00 bits per heavy atom. The molecule has 0 radical (unpaired) electrons. The molecule has 1 atom stereocenters. The molecule has 0 heterocycles. The van der Waals surface area contributed by atoms with Gasteiger partial charge in [-0.1, -0.05) is 59.1 Å². The first kappa shape index (κ1) is 15.3. The van der Waals surface area contributed by atoms with Crippen molar-refractivity contribution in [3.63, 3.8) is 0 Å². The van der Waals surface area contributed by atoms with Crippen molar-refractivity contribution in [2.45, 2.75) is 31.6 Å². The summed E-state index contributed by atoms with van der Waals surface area (Å²) in [7, 11) is 0. The minimum atomic E-state index is -0.0488. The van der Waals surface area contributed by atoms with E-state index in [9.17, 15) is 4.79 Å². The van der Waals surface area contributed by atoms with Gasteiger partial charge in [-0.3, -0.25) is 4.79 Å². The summed E-state index contributed by atoms with van der Waals surface area (Å²) in [6, 6.07) is 17.9. The Balaban J connectivity index is 1.82. The van der Waals surface area contributed by atoms with Crippen molar-refractivity contribution in [2.75, 3.05) is 5.32 Å². The largest absolute Gasteiger partial charge is 0.326 e. The highest BCUT2D eigenvalue weighted by molar-refractivity contribution is 9.10. The summed E-state index contributed by atoms with van der Waals surface area (Å²) < 4.78 is 1.01. The normalized spacial score (nSPS) is 16.4. The molecule has 0 bridgehead atoms. The molecule has 1 fully saturated rings.